The van der Waals surface area contributed by atoms with Crippen LogP contribution in [0.1, 0.15) is 41.1 Å². The minimum absolute atomic E-state index is 0.220. The fourth-order valence-electron chi connectivity index (χ4n) is 3.67. The molecule has 0 saturated heterocycles. The number of nitrogens with zero attached hydrogens (tertiary/aromatic N) is 3. The molecule has 4 aromatic rings. The molecule has 4 nitrogen and oxygen atoms in total. The molecule has 1 saturated carbocycles. The summed E-state index contributed by atoms with van der Waals surface area (Å²) < 4.78 is 5.94. The third-order valence-corrected chi connectivity index (χ3v) is 5.89. The molecular formula is C22H19N3OS. The maximum Gasteiger partial charge on any atom is 0.352 e. The highest BCUT2D eigenvalue weighted by molar-refractivity contribution is 7.03. The van der Waals surface area contributed by atoms with Crippen molar-refractivity contribution in [2.75, 3.05) is 0 Å². The van der Waals surface area contributed by atoms with Gasteiger partial charge in [-0.15, -0.1) is 0 Å². The van der Waals surface area contributed by atoms with Crippen molar-refractivity contribution in [1.82, 2.24) is 13.9 Å². The molecule has 134 valence electrons. The van der Waals surface area contributed by atoms with E-state index in [4.69, 9.17) is 0 Å². The first kappa shape index (κ1) is 16.4. The first-order chi connectivity index (χ1) is 13.2. The Kier molecular flexibility index (Phi) is 3.90. The number of fused-ring (bicyclic) bond motifs is 1. The van der Waals surface area contributed by atoms with Gasteiger partial charge in [0.2, 0.25) is 0 Å². The van der Waals surface area contributed by atoms with Crippen LogP contribution in [0.5, 0.6) is 0 Å². The summed E-state index contributed by atoms with van der Waals surface area (Å²) in [6.45, 7) is 2.03. The lowest BCUT2D eigenvalue weighted by molar-refractivity contribution is 0.912. The molecule has 0 bridgehead atoms. The highest BCUT2D eigenvalue weighted by Crippen LogP contribution is 2.41. The van der Waals surface area contributed by atoms with Gasteiger partial charge in [-0.05, 0) is 66.0 Å². The lowest BCUT2D eigenvalue weighted by Crippen LogP contribution is -2.24. The SMILES string of the molecule is Cc1ccccc1-n1c(=O)nc(Cc2cnsc2)c2ccc(C3CC3)cc21. The summed E-state index contributed by atoms with van der Waals surface area (Å²) in [5.41, 5.74) is 5.93. The van der Waals surface area contributed by atoms with Crippen molar-refractivity contribution in [3.8, 4) is 5.69 Å². The molecule has 0 N–H and O–H groups in total. The molecule has 2 aromatic carbocycles. The molecule has 2 heterocycles. The molecule has 0 radical (unpaired) electrons. The standard InChI is InChI=1S/C22H19N3OS/c1-14-4-2-3-5-20(14)25-21-11-17(16-6-7-16)8-9-18(21)19(24-22(25)26)10-15-12-23-27-13-15/h2-5,8-9,11-13,16H,6-7,10H2,1H3. The molecule has 2 aromatic heterocycles. The number of para-hydroxylation sites is 1. The quantitative estimate of drug-likeness (QED) is 0.524. The van der Waals surface area contributed by atoms with Crippen LogP contribution in [0, 0.1) is 6.92 Å². The summed E-state index contributed by atoms with van der Waals surface area (Å²) in [5, 5.41) is 3.05. The van der Waals surface area contributed by atoms with Gasteiger partial charge in [0.25, 0.3) is 0 Å². The summed E-state index contributed by atoms with van der Waals surface area (Å²) in [6.07, 6.45) is 4.94. The minimum Gasteiger partial charge on any atom is -0.260 e. The van der Waals surface area contributed by atoms with E-state index >= 15 is 0 Å². The van der Waals surface area contributed by atoms with Crippen LogP contribution in [-0.4, -0.2) is 13.9 Å². The second kappa shape index (κ2) is 6.43. The molecule has 1 aliphatic carbocycles. The average molecular weight is 373 g/mol. The van der Waals surface area contributed by atoms with E-state index in [1.807, 2.05) is 42.8 Å². The Hall–Kier alpha value is -2.79. The van der Waals surface area contributed by atoms with E-state index in [-0.39, 0.29) is 5.69 Å². The van der Waals surface area contributed by atoms with Gasteiger partial charge in [0.1, 0.15) is 0 Å². The van der Waals surface area contributed by atoms with Gasteiger partial charge >= 0.3 is 5.69 Å². The molecule has 0 amide bonds. The van der Waals surface area contributed by atoms with Crippen molar-refractivity contribution in [1.29, 1.82) is 0 Å². The average Bonchev–Trinajstić information content (AvgIpc) is 3.40. The number of aromatic nitrogens is 3. The Morgan fingerprint density at radius 2 is 2.04 bits per heavy atom. The van der Waals surface area contributed by atoms with Crippen LogP contribution in [0.2, 0.25) is 0 Å². The van der Waals surface area contributed by atoms with Crippen molar-refractivity contribution in [3.63, 3.8) is 0 Å². The topological polar surface area (TPSA) is 47.8 Å². The van der Waals surface area contributed by atoms with Gasteiger partial charge in [-0.25, -0.2) is 9.17 Å². The predicted octanol–water partition coefficient (Wildman–Crippen LogP) is 4.62. The summed E-state index contributed by atoms with van der Waals surface area (Å²) in [4.78, 5) is 17.5. The molecule has 5 rings (SSSR count). The molecule has 0 aliphatic heterocycles. The number of rotatable bonds is 4. The zero-order valence-corrected chi connectivity index (χ0v) is 15.9. The Morgan fingerprint density at radius 3 is 2.78 bits per heavy atom. The van der Waals surface area contributed by atoms with E-state index in [2.05, 4.69) is 27.6 Å². The van der Waals surface area contributed by atoms with Gasteiger partial charge in [0, 0.05) is 23.4 Å². The zero-order chi connectivity index (χ0) is 18.4. The van der Waals surface area contributed by atoms with Gasteiger partial charge in [0.05, 0.1) is 16.9 Å². The van der Waals surface area contributed by atoms with Crippen LogP contribution in [-0.2, 0) is 6.42 Å². The highest BCUT2D eigenvalue weighted by Gasteiger charge is 2.24. The van der Waals surface area contributed by atoms with E-state index in [0.29, 0.717) is 12.3 Å². The van der Waals surface area contributed by atoms with E-state index in [1.54, 1.807) is 4.57 Å². The zero-order valence-electron chi connectivity index (χ0n) is 15.1. The smallest absolute Gasteiger partial charge is 0.260 e. The molecule has 1 fully saturated rings. The second-order valence-electron chi connectivity index (χ2n) is 7.22. The van der Waals surface area contributed by atoms with Gasteiger partial charge in [0.15, 0.2) is 0 Å². The van der Waals surface area contributed by atoms with Gasteiger partial charge < -0.3 is 0 Å². The van der Waals surface area contributed by atoms with Crippen LogP contribution in [0.4, 0.5) is 0 Å². The summed E-state index contributed by atoms with van der Waals surface area (Å²) in [5.74, 6) is 0.632. The van der Waals surface area contributed by atoms with Gasteiger partial charge in [-0.3, -0.25) is 4.57 Å². The fraction of sp³-hybridized carbons (Fsp3) is 0.227. The van der Waals surface area contributed by atoms with E-state index in [0.717, 1.165) is 33.4 Å². The summed E-state index contributed by atoms with van der Waals surface area (Å²) >= 11 is 1.42. The number of hydrogen-bond acceptors (Lipinski definition) is 4. The summed E-state index contributed by atoms with van der Waals surface area (Å²) in [6, 6.07) is 14.5. The molecule has 1 aliphatic rings. The molecule has 0 spiro atoms. The van der Waals surface area contributed by atoms with Crippen molar-refractivity contribution in [3.05, 3.63) is 86.9 Å². The first-order valence-corrected chi connectivity index (χ1v) is 10.0. The molecule has 27 heavy (non-hydrogen) atoms. The Balaban J connectivity index is 1.79. The van der Waals surface area contributed by atoms with Crippen LogP contribution in [0.25, 0.3) is 16.6 Å². The van der Waals surface area contributed by atoms with E-state index in [1.165, 1.54) is 29.9 Å². The maximum absolute atomic E-state index is 13.1. The van der Waals surface area contributed by atoms with Crippen LogP contribution < -0.4 is 5.69 Å². The lowest BCUT2D eigenvalue weighted by atomic mass is 10.0. The Bertz CT molecular complexity index is 1190. The summed E-state index contributed by atoms with van der Waals surface area (Å²) in [7, 11) is 0. The monoisotopic (exact) mass is 373 g/mol. The Morgan fingerprint density at radius 1 is 1.19 bits per heavy atom. The van der Waals surface area contributed by atoms with E-state index in [9.17, 15) is 4.79 Å². The number of hydrogen-bond donors (Lipinski definition) is 0. The lowest BCUT2D eigenvalue weighted by Gasteiger charge is -2.15. The van der Waals surface area contributed by atoms with Crippen molar-refractivity contribution in [2.24, 2.45) is 0 Å². The molecular weight excluding hydrogens is 354 g/mol. The number of aryl methyl sites for hydroxylation is 1. The van der Waals surface area contributed by atoms with Crippen LogP contribution in [0.15, 0.2) is 58.8 Å². The highest BCUT2D eigenvalue weighted by atomic mass is 32.1. The van der Waals surface area contributed by atoms with E-state index < -0.39 is 0 Å². The second-order valence-corrected chi connectivity index (χ2v) is 7.88. The van der Waals surface area contributed by atoms with Crippen molar-refractivity contribution in [2.45, 2.75) is 32.1 Å². The molecule has 0 unspecified atom stereocenters. The Labute approximate surface area is 161 Å². The van der Waals surface area contributed by atoms with Crippen molar-refractivity contribution < 1.29 is 0 Å². The normalized spacial score (nSPS) is 14.0. The molecule has 0 atom stereocenters. The third-order valence-electron chi connectivity index (χ3n) is 5.26. The van der Waals surface area contributed by atoms with Gasteiger partial charge in [-0.1, -0.05) is 30.3 Å². The maximum atomic E-state index is 13.1. The van der Waals surface area contributed by atoms with Crippen molar-refractivity contribution >= 4 is 22.4 Å². The fourth-order valence-corrected chi connectivity index (χ4v) is 4.20. The largest absolute Gasteiger partial charge is 0.352 e. The van der Waals surface area contributed by atoms with Gasteiger partial charge in [-0.2, -0.15) is 4.98 Å². The predicted molar refractivity (Wildman–Crippen MR) is 109 cm³/mol. The van der Waals surface area contributed by atoms with Crippen LogP contribution >= 0.6 is 11.5 Å². The van der Waals surface area contributed by atoms with Crippen LogP contribution in [0.3, 0.4) is 0 Å². The minimum atomic E-state index is -0.220. The number of benzene rings is 2. The first-order valence-electron chi connectivity index (χ1n) is 9.20. The third kappa shape index (κ3) is 2.98. The molecule has 5 heteroatoms.